The van der Waals surface area contributed by atoms with Gasteiger partial charge in [-0.2, -0.15) is 10.2 Å². The molecule has 0 spiro atoms. The SMILES string of the molecule is Cc1nn(C2CCS(=O)(=O)C2)c(C)c1CN(C)Cn1ncn(C2CC2)c1=S. The molecule has 148 valence electrons. The van der Waals surface area contributed by atoms with Crippen molar-refractivity contribution in [1.82, 2.24) is 29.0 Å². The first-order valence-corrected chi connectivity index (χ1v) is 11.6. The zero-order valence-corrected chi connectivity index (χ0v) is 17.6. The van der Waals surface area contributed by atoms with E-state index in [1.807, 2.05) is 36.6 Å². The lowest BCUT2D eigenvalue weighted by Crippen LogP contribution is -2.23. The third-order valence-corrected chi connectivity index (χ3v) is 7.70. The van der Waals surface area contributed by atoms with Crippen LogP contribution in [0, 0.1) is 18.6 Å². The molecule has 4 rings (SSSR count). The molecule has 1 atom stereocenters. The number of hydrogen-bond acceptors (Lipinski definition) is 6. The maximum Gasteiger partial charge on any atom is 0.199 e. The summed E-state index contributed by atoms with van der Waals surface area (Å²) in [4.78, 5) is 2.16. The monoisotopic (exact) mass is 410 g/mol. The third-order valence-electron chi connectivity index (χ3n) is 5.53. The van der Waals surface area contributed by atoms with Crippen molar-refractivity contribution < 1.29 is 8.42 Å². The molecule has 27 heavy (non-hydrogen) atoms. The molecule has 0 aromatic carbocycles. The standard InChI is InChI=1S/C17H26N6O2S2/c1-12-16(13(2)23(19-12)15-6-7-27(24,25)9-15)8-20(3)11-22-17(26)21(10-18-22)14-4-5-14/h10,14-15H,4-9,11H2,1-3H3. The van der Waals surface area contributed by atoms with Gasteiger partial charge in [-0.05, 0) is 52.4 Å². The number of nitrogens with zero attached hydrogens (tertiary/aromatic N) is 6. The fraction of sp³-hybridized carbons (Fsp3) is 0.706. The minimum Gasteiger partial charge on any atom is -0.303 e. The average molecular weight is 411 g/mol. The van der Waals surface area contributed by atoms with Gasteiger partial charge in [-0.1, -0.05) is 0 Å². The summed E-state index contributed by atoms with van der Waals surface area (Å²) in [6.07, 6.45) is 4.85. The zero-order chi connectivity index (χ0) is 19.3. The van der Waals surface area contributed by atoms with Gasteiger partial charge in [-0.3, -0.25) is 9.58 Å². The lowest BCUT2D eigenvalue weighted by Gasteiger charge is -2.17. The first kappa shape index (κ1) is 18.8. The maximum absolute atomic E-state index is 11.8. The quantitative estimate of drug-likeness (QED) is 0.678. The molecule has 1 aliphatic carbocycles. The van der Waals surface area contributed by atoms with Gasteiger partial charge in [0.15, 0.2) is 14.6 Å². The highest BCUT2D eigenvalue weighted by Crippen LogP contribution is 2.34. The van der Waals surface area contributed by atoms with Crippen molar-refractivity contribution in [2.24, 2.45) is 0 Å². The highest BCUT2D eigenvalue weighted by molar-refractivity contribution is 7.91. The van der Waals surface area contributed by atoms with Crippen LogP contribution in [0.4, 0.5) is 0 Å². The first-order chi connectivity index (χ1) is 12.7. The van der Waals surface area contributed by atoms with Crippen molar-refractivity contribution in [2.75, 3.05) is 18.6 Å². The van der Waals surface area contributed by atoms with Crippen LogP contribution in [0.3, 0.4) is 0 Å². The summed E-state index contributed by atoms with van der Waals surface area (Å²) in [6, 6.07) is 0.484. The van der Waals surface area contributed by atoms with E-state index >= 15 is 0 Å². The Morgan fingerprint density at radius 2 is 2.00 bits per heavy atom. The Balaban J connectivity index is 1.48. The van der Waals surface area contributed by atoms with E-state index in [2.05, 4.69) is 19.7 Å². The molecule has 0 bridgehead atoms. The topological polar surface area (TPSA) is 78.0 Å². The Bertz CT molecular complexity index is 1010. The number of sulfone groups is 1. The molecule has 2 aliphatic rings. The summed E-state index contributed by atoms with van der Waals surface area (Å²) >= 11 is 5.54. The highest BCUT2D eigenvalue weighted by atomic mass is 32.2. The van der Waals surface area contributed by atoms with E-state index in [1.165, 1.54) is 12.8 Å². The molecule has 8 nitrogen and oxygen atoms in total. The van der Waals surface area contributed by atoms with Gasteiger partial charge in [-0.25, -0.2) is 13.1 Å². The van der Waals surface area contributed by atoms with Crippen LogP contribution in [0.5, 0.6) is 0 Å². The van der Waals surface area contributed by atoms with Crippen molar-refractivity contribution in [3.8, 4) is 0 Å². The van der Waals surface area contributed by atoms with Gasteiger partial charge in [0.25, 0.3) is 0 Å². The third kappa shape index (κ3) is 3.74. The molecule has 2 fully saturated rings. The number of hydrogen-bond donors (Lipinski definition) is 0. The molecule has 1 saturated heterocycles. The van der Waals surface area contributed by atoms with E-state index in [0.29, 0.717) is 19.1 Å². The summed E-state index contributed by atoms with van der Waals surface area (Å²) in [6.45, 7) is 5.35. The average Bonchev–Trinajstić information content (AvgIpc) is 3.22. The molecule has 2 aromatic heterocycles. The molecule has 3 heterocycles. The van der Waals surface area contributed by atoms with Crippen molar-refractivity contribution in [3.05, 3.63) is 28.0 Å². The van der Waals surface area contributed by atoms with Crippen LogP contribution >= 0.6 is 12.2 Å². The Kier molecular flexibility index (Phi) is 4.76. The fourth-order valence-corrected chi connectivity index (χ4v) is 5.84. The second kappa shape index (κ2) is 6.82. The maximum atomic E-state index is 11.8. The van der Waals surface area contributed by atoms with E-state index < -0.39 is 9.84 Å². The zero-order valence-electron chi connectivity index (χ0n) is 16.0. The summed E-state index contributed by atoms with van der Waals surface area (Å²) in [5, 5.41) is 9.08. The van der Waals surface area contributed by atoms with Crippen LogP contribution in [-0.4, -0.2) is 56.0 Å². The van der Waals surface area contributed by atoms with Gasteiger partial charge in [0, 0.05) is 23.8 Å². The van der Waals surface area contributed by atoms with Gasteiger partial charge < -0.3 is 4.57 Å². The summed E-state index contributed by atoms with van der Waals surface area (Å²) in [5.41, 5.74) is 3.15. The van der Waals surface area contributed by atoms with Crippen molar-refractivity contribution in [2.45, 2.75) is 58.4 Å². The van der Waals surface area contributed by atoms with E-state index in [0.717, 1.165) is 28.3 Å². The Morgan fingerprint density at radius 1 is 1.26 bits per heavy atom. The van der Waals surface area contributed by atoms with Crippen LogP contribution < -0.4 is 0 Å². The molecule has 0 N–H and O–H groups in total. The molecule has 0 radical (unpaired) electrons. The molecule has 0 amide bonds. The van der Waals surface area contributed by atoms with Crippen molar-refractivity contribution >= 4 is 22.1 Å². The summed E-state index contributed by atoms with van der Waals surface area (Å²) < 4.78 is 30.2. The molecule has 1 saturated carbocycles. The van der Waals surface area contributed by atoms with E-state index in [4.69, 9.17) is 12.2 Å². The predicted octanol–water partition coefficient (Wildman–Crippen LogP) is 2.01. The smallest absolute Gasteiger partial charge is 0.199 e. The number of rotatable bonds is 6. The summed E-state index contributed by atoms with van der Waals surface area (Å²) in [7, 11) is -0.893. The van der Waals surface area contributed by atoms with Crippen LogP contribution in [0.25, 0.3) is 0 Å². The molecule has 1 unspecified atom stereocenters. The van der Waals surface area contributed by atoms with Gasteiger partial charge in [0.2, 0.25) is 0 Å². The molecule has 10 heteroatoms. The Morgan fingerprint density at radius 3 is 2.63 bits per heavy atom. The first-order valence-electron chi connectivity index (χ1n) is 9.32. The predicted molar refractivity (Wildman–Crippen MR) is 105 cm³/mol. The van der Waals surface area contributed by atoms with Gasteiger partial charge in [-0.15, -0.1) is 0 Å². The minimum absolute atomic E-state index is 0.0457. The van der Waals surface area contributed by atoms with Gasteiger partial charge in [0.05, 0.1) is 29.9 Å². The lowest BCUT2D eigenvalue weighted by atomic mass is 10.2. The van der Waals surface area contributed by atoms with Crippen LogP contribution in [-0.2, 0) is 23.1 Å². The van der Waals surface area contributed by atoms with E-state index in [9.17, 15) is 8.42 Å². The fourth-order valence-electron chi connectivity index (χ4n) is 3.85. The van der Waals surface area contributed by atoms with Gasteiger partial charge in [0.1, 0.15) is 6.33 Å². The normalized spacial score (nSPS) is 22.0. The number of aryl methyl sites for hydroxylation is 1. The Hall–Kier alpha value is -1.52. The van der Waals surface area contributed by atoms with Crippen molar-refractivity contribution in [3.63, 3.8) is 0 Å². The lowest BCUT2D eigenvalue weighted by molar-refractivity contribution is 0.242. The second-order valence-corrected chi connectivity index (χ2v) is 10.5. The summed E-state index contributed by atoms with van der Waals surface area (Å²) in [5.74, 6) is 0.450. The van der Waals surface area contributed by atoms with Crippen molar-refractivity contribution in [1.29, 1.82) is 0 Å². The number of aromatic nitrogens is 5. The minimum atomic E-state index is -2.93. The molecular weight excluding hydrogens is 384 g/mol. The van der Waals surface area contributed by atoms with E-state index in [-0.39, 0.29) is 17.5 Å². The molecule has 1 aliphatic heterocycles. The molecule has 2 aromatic rings. The van der Waals surface area contributed by atoms with Crippen LogP contribution in [0.1, 0.15) is 48.3 Å². The van der Waals surface area contributed by atoms with Gasteiger partial charge >= 0.3 is 0 Å². The van der Waals surface area contributed by atoms with Crippen LogP contribution in [0.15, 0.2) is 6.33 Å². The molecular formula is C17H26N6O2S2. The van der Waals surface area contributed by atoms with Crippen LogP contribution in [0.2, 0.25) is 0 Å². The van der Waals surface area contributed by atoms with E-state index in [1.54, 1.807) is 0 Å². The largest absolute Gasteiger partial charge is 0.303 e. The Labute approximate surface area is 164 Å². The highest BCUT2D eigenvalue weighted by Gasteiger charge is 2.31. The second-order valence-electron chi connectivity index (χ2n) is 7.86.